The Morgan fingerprint density at radius 2 is 1.40 bits per heavy atom. The lowest BCUT2D eigenvalue weighted by Gasteiger charge is -2.16. The Kier molecular flexibility index (Phi) is 10.7. The summed E-state index contributed by atoms with van der Waals surface area (Å²) >= 11 is 0. The van der Waals surface area contributed by atoms with Crippen LogP contribution in [0.3, 0.4) is 0 Å². The normalized spacial score (nSPS) is 13.6. The summed E-state index contributed by atoms with van der Waals surface area (Å²) in [4.78, 5) is 45.5. The molecule has 0 aromatic rings. The first kappa shape index (κ1) is 22.4. The van der Waals surface area contributed by atoms with Gasteiger partial charge in [-0.15, -0.1) is 0 Å². The first-order chi connectivity index (χ1) is 11.7. The second-order valence-corrected chi connectivity index (χ2v) is 4.82. The summed E-state index contributed by atoms with van der Waals surface area (Å²) < 4.78 is 23.6. The standard InChI is InChI=1S/C14H24N2O9/c1-8(21-4)6-23-13(19)15-7-16-14(20)25-10(3)12(18)24-9(2)11(17)22-5/h8-10H,6-7H2,1-5H3,(H,15,19)(H,16,20). The van der Waals surface area contributed by atoms with Crippen LogP contribution in [0.4, 0.5) is 9.59 Å². The highest BCUT2D eigenvalue weighted by Gasteiger charge is 2.24. The van der Waals surface area contributed by atoms with Crippen LogP contribution in [-0.4, -0.2) is 69.9 Å². The van der Waals surface area contributed by atoms with E-state index in [0.29, 0.717) is 0 Å². The van der Waals surface area contributed by atoms with Gasteiger partial charge in [-0.3, -0.25) is 0 Å². The first-order valence-corrected chi connectivity index (χ1v) is 7.37. The van der Waals surface area contributed by atoms with Crippen molar-refractivity contribution in [3.05, 3.63) is 0 Å². The largest absolute Gasteiger partial charge is 0.466 e. The molecule has 0 bridgehead atoms. The topological polar surface area (TPSA) is 138 Å². The molecule has 0 aromatic heterocycles. The molecular weight excluding hydrogens is 340 g/mol. The van der Waals surface area contributed by atoms with Gasteiger partial charge < -0.3 is 34.3 Å². The summed E-state index contributed by atoms with van der Waals surface area (Å²) in [7, 11) is 2.62. The number of methoxy groups -OCH3 is 2. The minimum Gasteiger partial charge on any atom is -0.466 e. The minimum atomic E-state index is -1.26. The van der Waals surface area contributed by atoms with Crippen molar-refractivity contribution >= 4 is 24.1 Å². The van der Waals surface area contributed by atoms with Crippen LogP contribution in [0.15, 0.2) is 0 Å². The average Bonchev–Trinajstić information content (AvgIpc) is 2.58. The summed E-state index contributed by atoms with van der Waals surface area (Å²) in [6, 6.07) is 0. The van der Waals surface area contributed by atoms with Crippen LogP contribution in [0.5, 0.6) is 0 Å². The third kappa shape index (κ3) is 10.0. The highest BCUT2D eigenvalue weighted by atomic mass is 16.6. The quantitative estimate of drug-likeness (QED) is 0.327. The lowest BCUT2D eigenvalue weighted by Crippen LogP contribution is -2.41. The fraction of sp³-hybridized carbons (Fsp3) is 0.714. The number of rotatable bonds is 9. The molecule has 25 heavy (non-hydrogen) atoms. The highest BCUT2D eigenvalue weighted by Crippen LogP contribution is 2.01. The molecule has 3 atom stereocenters. The Balaban J connectivity index is 4.03. The lowest BCUT2D eigenvalue weighted by molar-refractivity contribution is -0.169. The van der Waals surface area contributed by atoms with Crippen LogP contribution < -0.4 is 10.6 Å². The molecule has 3 unspecified atom stereocenters. The molecule has 0 saturated heterocycles. The van der Waals surface area contributed by atoms with Crippen molar-refractivity contribution < 1.29 is 42.9 Å². The molecule has 0 aliphatic heterocycles. The predicted octanol–water partition coefficient (Wildman–Crippen LogP) is -0.0756. The van der Waals surface area contributed by atoms with Gasteiger partial charge in [0, 0.05) is 7.11 Å². The van der Waals surface area contributed by atoms with E-state index in [1.165, 1.54) is 21.0 Å². The van der Waals surface area contributed by atoms with Crippen molar-refractivity contribution in [3.63, 3.8) is 0 Å². The van der Waals surface area contributed by atoms with Gasteiger partial charge >= 0.3 is 24.1 Å². The summed E-state index contributed by atoms with van der Waals surface area (Å²) in [6.45, 7) is 4.06. The lowest BCUT2D eigenvalue weighted by atomic mass is 10.4. The monoisotopic (exact) mass is 364 g/mol. The van der Waals surface area contributed by atoms with E-state index in [4.69, 9.17) is 18.9 Å². The smallest absolute Gasteiger partial charge is 0.409 e. The van der Waals surface area contributed by atoms with E-state index in [0.717, 1.165) is 7.11 Å². The average molecular weight is 364 g/mol. The van der Waals surface area contributed by atoms with E-state index in [1.807, 2.05) is 0 Å². The Hall–Kier alpha value is -2.56. The summed E-state index contributed by atoms with van der Waals surface area (Å²) in [5.74, 6) is -1.66. The Bertz CT molecular complexity index is 469. The van der Waals surface area contributed by atoms with E-state index in [2.05, 4.69) is 15.4 Å². The number of carbonyl (C=O) groups is 4. The number of esters is 2. The molecule has 0 aliphatic carbocycles. The van der Waals surface area contributed by atoms with E-state index < -0.39 is 36.3 Å². The van der Waals surface area contributed by atoms with Crippen molar-refractivity contribution in [1.82, 2.24) is 10.6 Å². The number of nitrogens with one attached hydrogen (secondary N) is 2. The fourth-order valence-electron chi connectivity index (χ4n) is 1.24. The highest BCUT2D eigenvalue weighted by molar-refractivity contribution is 5.82. The van der Waals surface area contributed by atoms with Crippen LogP contribution in [0.25, 0.3) is 0 Å². The van der Waals surface area contributed by atoms with Crippen molar-refractivity contribution in [2.75, 3.05) is 27.5 Å². The molecule has 0 heterocycles. The molecule has 0 aromatic carbocycles. The molecule has 2 amide bonds. The van der Waals surface area contributed by atoms with Gasteiger partial charge in [-0.1, -0.05) is 0 Å². The molecule has 144 valence electrons. The molecule has 0 rings (SSSR count). The molecular formula is C14H24N2O9. The van der Waals surface area contributed by atoms with Crippen molar-refractivity contribution in [1.29, 1.82) is 0 Å². The molecule has 0 fully saturated rings. The van der Waals surface area contributed by atoms with Crippen molar-refractivity contribution in [3.8, 4) is 0 Å². The number of ether oxygens (including phenoxy) is 5. The van der Waals surface area contributed by atoms with Crippen molar-refractivity contribution in [2.45, 2.75) is 39.1 Å². The predicted molar refractivity (Wildman–Crippen MR) is 82.5 cm³/mol. The van der Waals surface area contributed by atoms with Crippen LogP contribution in [0, 0.1) is 0 Å². The Morgan fingerprint density at radius 3 is 1.96 bits per heavy atom. The van der Waals surface area contributed by atoms with E-state index in [-0.39, 0.29) is 19.4 Å². The fourth-order valence-corrected chi connectivity index (χ4v) is 1.24. The number of amides is 2. The van der Waals surface area contributed by atoms with Crippen LogP contribution in [0.2, 0.25) is 0 Å². The first-order valence-electron chi connectivity index (χ1n) is 7.37. The maximum absolute atomic E-state index is 11.6. The third-order valence-corrected chi connectivity index (χ3v) is 2.76. The summed E-state index contributed by atoms with van der Waals surface area (Å²) in [5, 5.41) is 4.43. The van der Waals surface area contributed by atoms with Gasteiger partial charge in [0.15, 0.2) is 12.2 Å². The Morgan fingerprint density at radius 1 is 0.840 bits per heavy atom. The SMILES string of the molecule is COC(=O)C(C)OC(=O)C(C)OC(=O)NCNC(=O)OCC(C)OC. The van der Waals surface area contributed by atoms with Gasteiger partial charge in [0.2, 0.25) is 0 Å². The number of carbonyl (C=O) groups excluding carboxylic acids is 4. The van der Waals surface area contributed by atoms with Crippen LogP contribution >= 0.6 is 0 Å². The maximum Gasteiger partial charge on any atom is 0.409 e. The third-order valence-electron chi connectivity index (χ3n) is 2.76. The van der Waals surface area contributed by atoms with E-state index in [9.17, 15) is 19.2 Å². The Labute approximate surface area is 145 Å². The number of hydrogen-bond acceptors (Lipinski definition) is 9. The molecule has 0 spiro atoms. The van der Waals surface area contributed by atoms with Gasteiger partial charge in [0.25, 0.3) is 0 Å². The number of alkyl carbamates (subject to hydrolysis) is 2. The molecule has 0 radical (unpaired) electrons. The zero-order valence-electron chi connectivity index (χ0n) is 14.8. The van der Waals surface area contributed by atoms with Crippen LogP contribution in [0.1, 0.15) is 20.8 Å². The second kappa shape index (κ2) is 11.9. The van der Waals surface area contributed by atoms with Gasteiger partial charge in [-0.25, -0.2) is 19.2 Å². The molecule has 0 saturated carbocycles. The van der Waals surface area contributed by atoms with E-state index in [1.54, 1.807) is 6.92 Å². The second-order valence-electron chi connectivity index (χ2n) is 4.82. The van der Waals surface area contributed by atoms with Gasteiger partial charge in [-0.2, -0.15) is 0 Å². The zero-order valence-corrected chi connectivity index (χ0v) is 14.8. The van der Waals surface area contributed by atoms with Crippen molar-refractivity contribution in [2.24, 2.45) is 0 Å². The van der Waals surface area contributed by atoms with Gasteiger partial charge in [0.1, 0.15) is 6.61 Å². The van der Waals surface area contributed by atoms with Gasteiger partial charge in [0.05, 0.1) is 19.9 Å². The van der Waals surface area contributed by atoms with Crippen LogP contribution in [-0.2, 0) is 33.3 Å². The summed E-state index contributed by atoms with van der Waals surface area (Å²) in [5.41, 5.74) is 0. The number of hydrogen-bond donors (Lipinski definition) is 2. The molecule has 11 heteroatoms. The van der Waals surface area contributed by atoms with Gasteiger partial charge in [-0.05, 0) is 20.8 Å². The zero-order chi connectivity index (χ0) is 19.4. The minimum absolute atomic E-state index is 0.0496. The molecule has 2 N–H and O–H groups in total. The summed E-state index contributed by atoms with van der Waals surface area (Å²) in [6.07, 6.45) is -4.38. The maximum atomic E-state index is 11.6. The molecule has 0 aliphatic rings. The molecule has 11 nitrogen and oxygen atoms in total. The van der Waals surface area contributed by atoms with E-state index >= 15 is 0 Å².